The summed E-state index contributed by atoms with van der Waals surface area (Å²) in [6, 6.07) is 3.61. The maximum absolute atomic E-state index is 13.5. The van der Waals surface area contributed by atoms with Crippen LogP contribution in [0.15, 0.2) is 35.4 Å². The van der Waals surface area contributed by atoms with Gasteiger partial charge in [0.05, 0.1) is 18.1 Å². The Bertz CT molecular complexity index is 1220. The van der Waals surface area contributed by atoms with Crippen molar-refractivity contribution in [2.24, 2.45) is 41.5 Å². The van der Waals surface area contributed by atoms with E-state index >= 15 is 0 Å². The quantitative estimate of drug-likeness (QED) is 0.462. The molecule has 0 amide bonds. The Hall–Kier alpha value is -1.93. The average Bonchev–Trinajstić information content (AvgIpc) is 3.10. The molecule has 1 spiro atoms. The number of ether oxygens (including phenoxy) is 3. The Morgan fingerprint density at radius 3 is 2.54 bits per heavy atom. The summed E-state index contributed by atoms with van der Waals surface area (Å²) in [5, 5.41) is 25.4. The van der Waals surface area contributed by atoms with Crippen molar-refractivity contribution in [1.82, 2.24) is 4.57 Å². The van der Waals surface area contributed by atoms with E-state index in [1.54, 1.807) is 10.6 Å². The van der Waals surface area contributed by atoms with Crippen molar-refractivity contribution < 1.29 is 29.2 Å². The van der Waals surface area contributed by atoms with E-state index in [2.05, 4.69) is 26.8 Å². The molecule has 1 aliphatic heterocycles. The predicted octanol–water partition coefficient (Wildman–Crippen LogP) is 3.92. The zero-order chi connectivity index (χ0) is 26.9. The second-order valence-corrected chi connectivity index (χ2v) is 13.4. The molecule has 1 aromatic heterocycles. The molecule has 3 fully saturated rings. The van der Waals surface area contributed by atoms with Gasteiger partial charge in [-0.3, -0.25) is 0 Å². The normalized spacial score (nSPS) is 44.9. The number of esters is 1. The summed E-state index contributed by atoms with van der Waals surface area (Å²) in [7, 11) is 1.83. The first-order valence-electron chi connectivity index (χ1n) is 13.6. The molecular formula is C30H41NO6. The zero-order valence-corrected chi connectivity index (χ0v) is 23.2. The topological polar surface area (TPSA) is 90.2 Å². The van der Waals surface area contributed by atoms with Crippen LogP contribution >= 0.6 is 0 Å². The highest BCUT2D eigenvalue weighted by atomic mass is 16.7. The van der Waals surface area contributed by atoms with Crippen molar-refractivity contribution in [2.45, 2.75) is 84.6 Å². The molecule has 6 rings (SSSR count). The standard InChI is InChI=1S/C30H41NO6/c1-15-13-29-16(2)11-20-22(27(20,4)5)19(23(29)32)12-18-14-35-28(6,7)37-25(18)30(29,34)24(15)36-26(33)21-10-9-17(3)31(21)8/h9-10,12-13,16,19-20,22-25,32,34H,11,14H2,1-8H3/t16-,19+,20-,22+,23?,24+,25-,29+,30-/m1/s1. The molecule has 2 saturated carbocycles. The first-order valence-corrected chi connectivity index (χ1v) is 13.6. The number of aromatic nitrogens is 1. The summed E-state index contributed by atoms with van der Waals surface area (Å²) in [5.74, 6) is -0.914. The minimum absolute atomic E-state index is 0.0648. The smallest absolute Gasteiger partial charge is 0.355 e. The average molecular weight is 512 g/mol. The molecule has 1 unspecified atom stereocenters. The first kappa shape index (κ1) is 25.4. The van der Waals surface area contributed by atoms with Crippen molar-refractivity contribution in [3.8, 4) is 0 Å². The van der Waals surface area contributed by atoms with E-state index in [9.17, 15) is 15.0 Å². The molecule has 1 saturated heterocycles. The molecule has 1 aromatic rings. The van der Waals surface area contributed by atoms with Gasteiger partial charge in [0.2, 0.25) is 0 Å². The van der Waals surface area contributed by atoms with Crippen LogP contribution < -0.4 is 0 Å². The molecule has 9 atom stereocenters. The van der Waals surface area contributed by atoms with Crippen LogP contribution in [0, 0.1) is 41.4 Å². The number of rotatable bonds is 2. The van der Waals surface area contributed by atoms with E-state index in [4.69, 9.17) is 14.2 Å². The highest BCUT2D eigenvalue weighted by Crippen LogP contribution is 2.73. The number of hydrogen-bond acceptors (Lipinski definition) is 6. The SMILES string of the molecule is CC1=C[C@]23C(O)[C@@H](C=C4COC(C)(C)O[C@H]4[C@]2(O)[C@H]1OC(=O)c1ccc(C)n1C)[C@H]1[C@@H](C[C@H]3C)C1(C)C. The van der Waals surface area contributed by atoms with Crippen LogP contribution in [-0.4, -0.2) is 57.1 Å². The Balaban J connectivity index is 1.52. The lowest BCUT2D eigenvalue weighted by molar-refractivity contribution is -0.312. The second kappa shape index (κ2) is 7.59. The number of aryl methyl sites for hydroxylation is 1. The van der Waals surface area contributed by atoms with Gasteiger partial charge in [-0.15, -0.1) is 0 Å². The zero-order valence-electron chi connectivity index (χ0n) is 23.2. The van der Waals surface area contributed by atoms with Gasteiger partial charge < -0.3 is 29.0 Å². The lowest BCUT2D eigenvalue weighted by Gasteiger charge is -2.55. The third-order valence-corrected chi connectivity index (χ3v) is 10.7. The molecule has 2 bridgehead atoms. The Labute approximate surface area is 219 Å². The van der Waals surface area contributed by atoms with Gasteiger partial charge in [-0.1, -0.05) is 32.9 Å². The number of hydrogen-bond donors (Lipinski definition) is 2. The van der Waals surface area contributed by atoms with E-state index in [0.29, 0.717) is 24.1 Å². The minimum Gasteiger partial charge on any atom is -0.450 e. The fraction of sp³-hybridized carbons (Fsp3) is 0.700. The van der Waals surface area contributed by atoms with Crippen molar-refractivity contribution >= 4 is 5.97 Å². The lowest BCUT2D eigenvalue weighted by Crippen LogP contribution is -2.69. The molecule has 202 valence electrons. The van der Waals surface area contributed by atoms with E-state index in [1.807, 2.05) is 46.9 Å². The monoisotopic (exact) mass is 511 g/mol. The molecular weight excluding hydrogens is 470 g/mol. The minimum atomic E-state index is -1.70. The molecule has 37 heavy (non-hydrogen) atoms. The van der Waals surface area contributed by atoms with Crippen LogP contribution in [0.3, 0.4) is 0 Å². The van der Waals surface area contributed by atoms with Gasteiger partial charge in [0.25, 0.3) is 0 Å². The van der Waals surface area contributed by atoms with Gasteiger partial charge in [-0.05, 0) is 80.6 Å². The van der Waals surface area contributed by atoms with Crippen LogP contribution in [0.5, 0.6) is 0 Å². The van der Waals surface area contributed by atoms with Crippen LogP contribution in [0.1, 0.15) is 64.1 Å². The molecule has 2 N–H and O–H groups in total. The van der Waals surface area contributed by atoms with Gasteiger partial charge in [0, 0.05) is 18.7 Å². The summed E-state index contributed by atoms with van der Waals surface area (Å²) in [6.07, 6.45) is 2.39. The third-order valence-electron chi connectivity index (χ3n) is 10.7. The van der Waals surface area contributed by atoms with Crippen molar-refractivity contribution in [1.29, 1.82) is 0 Å². The summed E-state index contributed by atoms with van der Waals surface area (Å²) in [5.41, 5.74) is 0.290. The maximum atomic E-state index is 13.5. The number of carbonyl (C=O) groups is 1. The van der Waals surface area contributed by atoms with E-state index < -0.39 is 41.1 Å². The summed E-state index contributed by atoms with van der Waals surface area (Å²) in [4.78, 5) is 13.5. The molecule has 2 heterocycles. The fourth-order valence-corrected chi connectivity index (χ4v) is 8.59. The number of aliphatic hydroxyl groups is 2. The number of carbonyl (C=O) groups excluding carboxylic acids is 1. The lowest BCUT2D eigenvalue weighted by atomic mass is 9.58. The Kier molecular flexibility index (Phi) is 5.20. The number of aliphatic hydroxyl groups excluding tert-OH is 1. The molecule has 0 radical (unpaired) electrons. The molecule has 7 nitrogen and oxygen atoms in total. The Morgan fingerprint density at radius 2 is 1.89 bits per heavy atom. The van der Waals surface area contributed by atoms with Crippen LogP contribution in [0.4, 0.5) is 0 Å². The highest BCUT2D eigenvalue weighted by molar-refractivity contribution is 5.88. The summed E-state index contributed by atoms with van der Waals surface area (Å²) in [6.45, 7) is 14.5. The van der Waals surface area contributed by atoms with Crippen LogP contribution in [0.2, 0.25) is 0 Å². The van der Waals surface area contributed by atoms with Crippen molar-refractivity contribution in [3.63, 3.8) is 0 Å². The molecule has 0 aromatic carbocycles. The maximum Gasteiger partial charge on any atom is 0.355 e. The molecule has 5 aliphatic rings. The Morgan fingerprint density at radius 1 is 1.19 bits per heavy atom. The highest BCUT2D eigenvalue weighted by Gasteiger charge is 2.77. The van der Waals surface area contributed by atoms with Gasteiger partial charge in [0.1, 0.15) is 17.4 Å². The summed E-state index contributed by atoms with van der Waals surface area (Å²) < 4.78 is 20.6. The van der Waals surface area contributed by atoms with E-state index in [1.165, 1.54) is 0 Å². The number of nitrogens with zero attached hydrogens (tertiary/aromatic N) is 1. The van der Waals surface area contributed by atoms with Crippen LogP contribution in [0.25, 0.3) is 0 Å². The second-order valence-electron chi connectivity index (χ2n) is 13.4. The van der Waals surface area contributed by atoms with Gasteiger partial charge in [-0.2, -0.15) is 0 Å². The van der Waals surface area contributed by atoms with Gasteiger partial charge >= 0.3 is 5.97 Å². The predicted molar refractivity (Wildman–Crippen MR) is 138 cm³/mol. The number of fused-ring (bicyclic) bond motifs is 5. The van der Waals surface area contributed by atoms with Crippen LogP contribution in [-0.2, 0) is 21.3 Å². The third kappa shape index (κ3) is 3.11. The molecule has 7 heteroatoms. The van der Waals surface area contributed by atoms with Gasteiger partial charge in [0.15, 0.2) is 11.9 Å². The van der Waals surface area contributed by atoms with Gasteiger partial charge in [-0.25, -0.2) is 4.79 Å². The fourth-order valence-electron chi connectivity index (χ4n) is 8.59. The summed E-state index contributed by atoms with van der Waals surface area (Å²) >= 11 is 0. The van der Waals surface area contributed by atoms with Crippen molar-refractivity contribution in [3.05, 3.63) is 46.8 Å². The molecule has 4 aliphatic carbocycles. The van der Waals surface area contributed by atoms with E-state index in [-0.39, 0.29) is 17.3 Å². The largest absolute Gasteiger partial charge is 0.450 e. The van der Waals surface area contributed by atoms with E-state index in [0.717, 1.165) is 23.3 Å². The van der Waals surface area contributed by atoms with Crippen molar-refractivity contribution in [2.75, 3.05) is 6.61 Å². The first-order chi connectivity index (χ1) is 17.2.